The van der Waals surface area contributed by atoms with Gasteiger partial charge in [-0.25, -0.2) is 4.98 Å². The molecule has 0 unspecified atom stereocenters. The van der Waals surface area contributed by atoms with Gasteiger partial charge >= 0.3 is 0 Å². The number of nitrogens with one attached hydrogen (secondary N) is 1. The number of hydrogen-bond donors (Lipinski definition) is 2. The van der Waals surface area contributed by atoms with E-state index in [9.17, 15) is 9.90 Å². The molecule has 0 bridgehead atoms. The molecule has 2 heterocycles. The first-order valence-electron chi connectivity index (χ1n) is 8.84. The van der Waals surface area contributed by atoms with Gasteiger partial charge < -0.3 is 15.0 Å². The number of amides is 1. The summed E-state index contributed by atoms with van der Waals surface area (Å²) in [5.74, 6) is 0.797. The molecule has 0 radical (unpaired) electrons. The van der Waals surface area contributed by atoms with E-state index >= 15 is 0 Å². The Bertz CT molecular complexity index is 874. The van der Waals surface area contributed by atoms with Gasteiger partial charge in [0.15, 0.2) is 0 Å². The van der Waals surface area contributed by atoms with Crippen LogP contribution in [0.15, 0.2) is 48.8 Å². The van der Waals surface area contributed by atoms with Gasteiger partial charge in [-0.05, 0) is 29.7 Å². The van der Waals surface area contributed by atoms with Gasteiger partial charge in [-0.1, -0.05) is 32.0 Å². The van der Waals surface area contributed by atoms with Gasteiger partial charge in [0, 0.05) is 25.4 Å². The number of rotatable bonds is 7. The third kappa shape index (κ3) is 3.91. The largest absolute Gasteiger partial charge is 0.388 e. The van der Waals surface area contributed by atoms with E-state index in [0.717, 1.165) is 16.6 Å². The van der Waals surface area contributed by atoms with Gasteiger partial charge in [0.05, 0.1) is 17.1 Å². The maximum absolute atomic E-state index is 12.5. The molecule has 6 heteroatoms. The summed E-state index contributed by atoms with van der Waals surface area (Å²) in [6, 6.07) is 11.5. The van der Waals surface area contributed by atoms with Crippen molar-refractivity contribution in [2.75, 3.05) is 0 Å². The van der Waals surface area contributed by atoms with Crippen molar-refractivity contribution in [3.63, 3.8) is 0 Å². The van der Waals surface area contributed by atoms with Crippen LogP contribution in [0.3, 0.4) is 0 Å². The van der Waals surface area contributed by atoms with Crippen molar-refractivity contribution >= 4 is 16.9 Å². The minimum Gasteiger partial charge on any atom is -0.388 e. The molecule has 136 valence electrons. The molecule has 0 saturated carbocycles. The average molecular weight is 352 g/mol. The first kappa shape index (κ1) is 18.1. The number of hydrogen-bond acceptors (Lipinski definition) is 4. The molecule has 0 aliphatic heterocycles. The molecule has 2 N–H and O–H groups in total. The van der Waals surface area contributed by atoms with Crippen LogP contribution in [0.1, 0.15) is 37.7 Å². The Morgan fingerprint density at radius 2 is 2.04 bits per heavy atom. The number of aliphatic hydroxyl groups excluding tert-OH is 1. The zero-order chi connectivity index (χ0) is 18.5. The van der Waals surface area contributed by atoms with E-state index in [1.54, 1.807) is 12.4 Å². The first-order chi connectivity index (χ1) is 12.6. The molecule has 1 amide bonds. The Morgan fingerprint density at radius 3 is 2.73 bits per heavy atom. The molecule has 6 nitrogen and oxygen atoms in total. The second kappa shape index (κ2) is 8.10. The monoisotopic (exact) mass is 352 g/mol. The van der Waals surface area contributed by atoms with Crippen LogP contribution in [-0.2, 0) is 17.9 Å². The number of aliphatic hydroxyl groups is 1. The first-order valence-corrected chi connectivity index (χ1v) is 8.84. The minimum absolute atomic E-state index is 0.0331. The summed E-state index contributed by atoms with van der Waals surface area (Å²) in [5, 5.41) is 12.7. The summed E-state index contributed by atoms with van der Waals surface area (Å²) >= 11 is 0. The average Bonchev–Trinajstić information content (AvgIpc) is 3.02. The Balaban J connectivity index is 1.71. The smallest absolute Gasteiger partial charge is 0.222 e. The lowest BCUT2D eigenvalue weighted by Crippen LogP contribution is -2.32. The number of aryl methyl sites for hydroxylation is 1. The van der Waals surface area contributed by atoms with Crippen LogP contribution < -0.4 is 5.32 Å². The number of pyridine rings is 1. The van der Waals surface area contributed by atoms with Crippen LogP contribution in [0.4, 0.5) is 0 Å². The van der Waals surface area contributed by atoms with Crippen LogP contribution in [0.2, 0.25) is 0 Å². The highest BCUT2D eigenvalue weighted by molar-refractivity contribution is 5.78. The van der Waals surface area contributed by atoms with Crippen LogP contribution in [0.25, 0.3) is 11.0 Å². The Hall–Kier alpha value is -2.73. The Kier molecular flexibility index (Phi) is 5.63. The molecule has 0 fully saturated rings. The second-order valence-corrected chi connectivity index (χ2v) is 6.65. The third-order valence-corrected chi connectivity index (χ3v) is 4.46. The van der Waals surface area contributed by atoms with E-state index in [1.165, 1.54) is 0 Å². The molecular formula is C20H24N4O2. The molecule has 0 aliphatic carbocycles. The topological polar surface area (TPSA) is 80.0 Å². The van der Waals surface area contributed by atoms with Crippen LogP contribution >= 0.6 is 0 Å². The van der Waals surface area contributed by atoms with E-state index in [1.807, 2.05) is 41.0 Å². The fraction of sp³-hybridized carbons (Fsp3) is 0.350. The summed E-state index contributed by atoms with van der Waals surface area (Å²) in [6.45, 7) is 4.47. The number of nitrogens with zero attached hydrogens (tertiary/aromatic N) is 3. The van der Waals surface area contributed by atoms with Gasteiger partial charge in [0.25, 0.3) is 0 Å². The van der Waals surface area contributed by atoms with Crippen molar-refractivity contribution in [3.8, 4) is 0 Å². The number of carbonyl (C=O) groups excluding carboxylic acids is 1. The van der Waals surface area contributed by atoms with Gasteiger partial charge in [-0.15, -0.1) is 0 Å². The van der Waals surface area contributed by atoms with E-state index in [4.69, 9.17) is 0 Å². The molecule has 0 saturated heterocycles. The second-order valence-electron chi connectivity index (χ2n) is 6.65. The van der Waals surface area contributed by atoms with E-state index in [2.05, 4.69) is 29.1 Å². The van der Waals surface area contributed by atoms with Crippen molar-refractivity contribution in [2.45, 2.75) is 39.5 Å². The summed E-state index contributed by atoms with van der Waals surface area (Å²) in [4.78, 5) is 21.1. The number of aromatic nitrogens is 3. The molecule has 1 atom stereocenters. The van der Waals surface area contributed by atoms with Crippen LogP contribution in [0.5, 0.6) is 0 Å². The predicted molar refractivity (Wildman–Crippen MR) is 100 cm³/mol. The molecule has 3 aromatic rings. The Morgan fingerprint density at radius 1 is 1.23 bits per heavy atom. The SMILES string of the molecule is CC(C)[C@@H](NC(=O)CCn1c(CO)nc2ccccc21)c1cccnc1. The quantitative estimate of drug-likeness (QED) is 0.685. The number of benzene rings is 1. The lowest BCUT2D eigenvalue weighted by atomic mass is 9.97. The molecule has 3 rings (SSSR count). The van der Waals surface area contributed by atoms with Gasteiger partial charge in [-0.2, -0.15) is 0 Å². The lowest BCUT2D eigenvalue weighted by molar-refractivity contribution is -0.122. The number of fused-ring (bicyclic) bond motifs is 1. The maximum atomic E-state index is 12.5. The van der Waals surface area contributed by atoms with Crippen molar-refractivity contribution in [1.29, 1.82) is 0 Å². The summed E-state index contributed by atoms with van der Waals surface area (Å²) in [7, 11) is 0. The zero-order valence-corrected chi connectivity index (χ0v) is 15.1. The van der Waals surface area contributed by atoms with Crippen molar-refractivity contribution in [2.24, 2.45) is 5.92 Å². The van der Waals surface area contributed by atoms with Crippen molar-refractivity contribution < 1.29 is 9.90 Å². The Labute approximate surface area is 152 Å². The molecular weight excluding hydrogens is 328 g/mol. The third-order valence-electron chi connectivity index (χ3n) is 4.46. The predicted octanol–water partition coefficient (Wildman–Crippen LogP) is 2.83. The van der Waals surface area contributed by atoms with Crippen LogP contribution in [-0.4, -0.2) is 25.5 Å². The van der Waals surface area contributed by atoms with Crippen molar-refractivity contribution in [3.05, 3.63) is 60.2 Å². The highest BCUT2D eigenvalue weighted by Crippen LogP contribution is 2.21. The van der Waals surface area contributed by atoms with E-state index in [0.29, 0.717) is 18.8 Å². The summed E-state index contributed by atoms with van der Waals surface area (Å²) < 4.78 is 1.91. The number of para-hydroxylation sites is 2. The van der Waals surface area contributed by atoms with Gasteiger partial charge in [0.1, 0.15) is 12.4 Å². The molecule has 0 spiro atoms. The highest BCUT2D eigenvalue weighted by Gasteiger charge is 2.19. The van der Waals surface area contributed by atoms with E-state index < -0.39 is 0 Å². The molecule has 0 aliphatic rings. The van der Waals surface area contributed by atoms with Gasteiger partial charge in [-0.3, -0.25) is 9.78 Å². The molecule has 1 aromatic carbocycles. The van der Waals surface area contributed by atoms with Crippen LogP contribution in [0, 0.1) is 5.92 Å². The fourth-order valence-electron chi connectivity index (χ4n) is 3.15. The maximum Gasteiger partial charge on any atom is 0.222 e. The zero-order valence-electron chi connectivity index (χ0n) is 15.1. The van der Waals surface area contributed by atoms with E-state index in [-0.39, 0.29) is 24.5 Å². The fourth-order valence-corrected chi connectivity index (χ4v) is 3.15. The number of carbonyl (C=O) groups is 1. The normalized spacial score (nSPS) is 12.5. The van der Waals surface area contributed by atoms with Gasteiger partial charge in [0.2, 0.25) is 5.91 Å². The standard InChI is InChI=1S/C20H24N4O2/c1-14(2)20(15-6-5-10-21-12-15)23-19(26)9-11-24-17-8-4-3-7-16(17)22-18(24)13-25/h3-8,10,12,14,20,25H,9,11,13H2,1-2H3,(H,23,26)/t20-/m1/s1. The summed E-state index contributed by atoms with van der Waals surface area (Å²) in [5.41, 5.74) is 2.75. The lowest BCUT2D eigenvalue weighted by Gasteiger charge is -2.22. The highest BCUT2D eigenvalue weighted by atomic mass is 16.3. The summed E-state index contributed by atoms with van der Waals surface area (Å²) in [6.07, 6.45) is 3.83. The van der Waals surface area contributed by atoms with Crippen molar-refractivity contribution in [1.82, 2.24) is 19.9 Å². The minimum atomic E-state index is -0.152. The molecule has 26 heavy (non-hydrogen) atoms. The number of imidazole rings is 1. The molecule has 2 aromatic heterocycles.